The van der Waals surface area contributed by atoms with E-state index in [0.717, 1.165) is 50.3 Å². The van der Waals surface area contributed by atoms with Crippen LogP contribution in [-0.2, 0) is 4.79 Å². The van der Waals surface area contributed by atoms with Gasteiger partial charge in [-0.1, -0.05) is 18.2 Å². The average Bonchev–Trinajstić information content (AvgIpc) is 2.79. The average molecular weight is 390 g/mol. The first-order valence-electron chi connectivity index (χ1n) is 10.5. The van der Waals surface area contributed by atoms with Crippen LogP contribution in [0, 0.1) is 0 Å². The van der Waals surface area contributed by atoms with Gasteiger partial charge in [0.1, 0.15) is 6.04 Å². The second-order valence-corrected chi connectivity index (χ2v) is 8.04. The van der Waals surface area contributed by atoms with Crippen LogP contribution >= 0.6 is 0 Å². The highest BCUT2D eigenvalue weighted by molar-refractivity contribution is 6.05. The molecule has 2 fully saturated rings. The van der Waals surface area contributed by atoms with Crippen molar-refractivity contribution in [2.75, 3.05) is 47.8 Å². The van der Waals surface area contributed by atoms with Gasteiger partial charge in [0.05, 0.1) is 11.4 Å². The number of anilines is 3. The molecule has 0 bridgehead atoms. The summed E-state index contributed by atoms with van der Waals surface area (Å²) >= 11 is 0. The highest BCUT2D eigenvalue weighted by Gasteiger charge is 2.35. The lowest BCUT2D eigenvalue weighted by Crippen LogP contribution is -2.50. The number of piperidine rings is 1. The number of para-hydroxylation sites is 1. The maximum Gasteiger partial charge on any atom is 0.254 e. The molecule has 0 spiro atoms. The second kappa shape index (κ2) is 7.43. The number of carbonyl (C=O) groups excluding carboxylic acids is 2. The molecule has 3 aliphatic heterocycles. The summed E-state index contributed by atoms with van der Waals surface area (Å²) in [4.78, 5) is 32.0. The number of rotatable bonds is 2. The fourth-order valence-electron chi connectivity index (χ4n) is 4.72. The van der Waals surface area contributed by atoms with E-state index in [4.69, 9.17) is 0 Å². The van der Waals surface area contributed by atoms with Crippen molar-refractivity contribution in [1.82, 2.24) is 4.90 Å². The van der Waals surface area contributed by atoms with Gasteiger partial charge in [-0.3, -0.25) is 9.59 Å². The van der Waals surface area contributed by atoms with Crippen LogP contribution in [0.1, 0.15) is 29.6 Å². The van der Waals surface area contributed by atoms with E-state index in [1.807, 2.05) is 41.3 Å². The normalized spacial score (nSPS) is 21.3. The molecule has 1 atom stereocenters. The van der Waals surface area contributed by atoms with E-state index in [9.17, 15) is 9.59 Å². The van der Waals surface area contributed by atoms with E-state index in [2.05, 4.69) is 27.2 Å². The van der Waals surface area contributed by atoms with Crippen molar-refractivity contribution in [3.8, 4) is 0 Å². The Labute approximate surface area is 171 Å². The Morgan fingerprint density at radius 2 is 1.72 bits per heavy atom. The summed E-state index contributed by atoms with van der Waals surface area (Å²) in [7, 11) is 0. The Balaban J connectivity index is 1.30. The monoisotopic (exact) mass is 390 g/mol. The zero-order valence-electron chi connectivity index (χ0n) is 16.5. The zero-order valence-corrected chi connectivity index (χ0v) is 16.5. The molecule has 2 saturated heterocycles. The first-order valence-corrected chi connectivity index (χ1v) is 10.5. The molecule has 3 heterocycles. The van der Waals surface area contributed by atoms with Crippen LogP contribution in [0.2, 0.25) is 0 Å². The Morgan fingerprint density at radius 3 is 2.52 bits per heavy atom. The summed E-state index contributed by atoms with van der Waals surface area (Å²) in [5, 5.41) is 3.03. The molecule has 0 radical (unpaired) electrons. The van der Waals surface area contributed by atoms with Crippen LogP contribution < -0.4 is 15.1 Å². The molecule has 29 heavy (non-hydrogen) atoms. The van der Waals surface area contributed by atoms with E-state index in [0.29, 0.717) is 18.7 Å². The van der Waals surface area contributed by atoms with Crippen molar-refractivity contribution in [1.29, 1.82) is 0 Å². The maximum absolute atomic E-state index is 13.1. The minimum Gasteiger partial charge on any atom is -0.368 e. The highest BCUT2D eigenvalue weighted by Crippen LogP contribution is 2.36. The molecule has 2 aromatic rings. The highest BCUT2D eigenvalue weighted by atomic mass is 16.2. The summed E-state index contributed by atoms with van der Waals surface area (Å²) in [6.45, 7) is 3.95. The molecule has 6 nitrogen and oxygen atoms in total. The predicted molar refractivity (Wildman–Crippen MR) is 115 cm³/mol. The van der Waals surface area contributed by atoms with Crippen molar-refractivity contribution in [3.05, 3.63) is 54.1 Å². The largest absolute Gasteiger partial charge is 0.368 e. The molecule has 0 unspecified atom stereocenters. The van der Waals surface area contributed by atoms with Gasteiger partial charge in [0.25, 0.3) is 5.91 Å². The van der Waals surface area contributed by atoms with Crippen molar-refractivity contribution < 1.29 is 9.59 Å². The fraction of sp³-hybridized carbons (Fsp3) is 0.391. The molecule has 1 N–H and O–H groups in total. The molecule has 3 aliphatic rings. The van der Waals surface area contributed by atoms with Gasteiger partial charge in [0, 0.05) is 44.0 Å². The zero-order chi connectivity index (χ0) is 19.8. The van der Waals surface area contributed by atoms with Gasteiger partial charge >= 0.3 is 0 Å². The number of hydrogen-bond acceptors (Lipinski definition) is 4. The summed E-state index contributed by atoms with van der Waals surface area (Å²) in [5.41, 5.74) is 3.65. The van der Waals surface area contributed by atoms with E-state index in [1.165, 1.54) is 5.69 Å². The van der Waals surface area contributed by atoms with Crippen LogP contribution in [0.5, 0.6) is 0 Å². The molecular formula is C23H26N4O2. The Bertz CT molecular complexity index is 922. The Hall–Kier alpha value is -3.02. The summed E-state index contributed by atoms with van der Waals surface area (Å²) < 4.78 is 0. The topological polar surface area (TPSA) is 55.9 Å². The minimum absolute atomic E-state index is 0.0375. The molecular weight excluding hydrogens is 364 g/mol. The van der Waals surface area contributed by atoms with Crippen LogP contribution in [0.4, 0.5) is 17.1 Å². The quantitative estimate of drug-likeness (QED) is 0.857. The molecule has 2 aromatic carbocycles. The lowest BCUT2D eigenvalue weighted by atomic mass is 9.96. The lowest BCUT2D eigenvalue weighted by molar-refractivity contribution is -0.118. The van der Waals surface area contributed by atoms with Crippen molar-refractivity contribution >= 4 is 28.9 Å². The molecule has 6 heteroatoms. The number of hydrogen-bond donors (Lipinski definition) is 1. The molecule has 0 aromatic heterocycles. The smallest absolute Gasteiger partial charge is 0.254 e. The van der Waals surface area contributed by atoms with Crippen LogP contribution in [0.15, 0.2) is 48.5 Å². The predicted octanol–water partition coefficient (Wildman–Crippen LogP) is 2.96. The third-order valence-electron chi connectivity index (χ3n) is 6.30. The van der Waals surface area contributed by atoms with Gasteiger partial charge in [-0.05, 0) is 49.6 Å². The van der Waals surface area contributed by atoms with Crippen LogP contribution in [0.25, 0.3) is 0 Å². The van der Waals surface area contributed by atoms with Gasteiger partial charge in [-0.2, -0.15) is 0 Å². The molecule has 0 aliphatic carbocycles. The standard InChI is InChI=1S/C23H26N4O2/c28-22-21-8-4-5-11-27(21)20-10-9-17(16-19(20)24-22)23(29)26-14-12-25(13-15-26)18-6-2-1-3-7-18/h1-3,6-7,9-10,16,21H,4-5,8,11-15H2,(H,24,28)/t21-/m1/s1. The van der Waals surface area contributed by atoms with Crippen molar-refractivity contribution in [2.45, 2.75) is 25.3 Å². The number of carbonyl (C=O) groups is 2. The fourth-order valence-corrected chi connectivity index (χ4v) is 4.72. The van der Waals surface area contributed by atoms with Crippen molar-refractivity contribution in [3.63, 3.8) is 0 Å². The summed E-state index contributed by atoms with van der Waals surface area (Å²) in [6.07, 6.45) is 3.10. The molecule has 0 saturated carbocycles. The Kier molecular flexibility index (Phi) is 4.62. The van der Waals surface area contributed by atoms with Crippen LogP contribution in [-0.4, -0.2) is 55.5 Å². The van der Waals surface area contributed by atoms with Gasteiger partial charge in [0.2, 0.25) is 5.91 Å². The second-order valence-electron chi connectivity index (χ2n) is 8.04. The number of nitrogens with zero attached hydrogens (tertiary/aromatic N) is 3. The van der Waals surface area contributed by atoms with Gasteiger partial charge in [0.15, 0.2) is 0 Å². The first kappa shape index (κ1) is 18.0. The third-order valence-corrected chi connectivity index (χ3v) is 6.30. The van der Waals surface area contributed by atoms with Crippen LogP contribution in [0.3, 0.4) is 0 Å². The van der Waals surface area contributed by atoms with Crippen molar-refractivity contribution in [2.24, 2.45) is 0 Å². The number of benzene rings is 2. The van der Waals surface area contributed by atoms with Gasteiger partial charge < -0.3 is 20.0 Å². The number of amides is 2. The molecule has 150 valence electrons. The number of piperazine rings is 1. The summed E-state index contributed by atoms with van der Waals surface area (Å²) in [6, 6.07) is 16.0. The van der Waals surface area contributed by atoms with E-state index >= 15 is 0 Å². The van der Waals surface area contributed by atoms with Gasteiger partial charge in [-0.15, -0.1) is 0 Å². The third kappa shape index (κ3) is 3.33. The van der Waals surface area contributed by atoms with E-state index in [-0.39, 0.29) is 17.9 Å². The molecule has 5 rings (SSSR count). The first-order chi connectivity index (χ1) is 14.2. The minimum atomic E-state index is -0.0659. The lowest BCUT2D eigenvalue weighted by Gasteiger charge is -2.41. The SMILES string of the molecule is O=C1Nc2cc(C(=O)N3CCN(c4ccccc4)CC3)ccc2N2CCCC[C@H]12. The van der Waals surface area contributed by atoms with E-state index in [1.54, 1.807) is 0 Å². The Morgan fingerprint density at radius 1 is 0.931 bits per heavy atom. The molecule has 2 amide bonds. The van der Waals surface area contributed by atoms with Gasteiger partial charge in [-0.25, -0.2) is 0 Å². The maximum atomic E-state index is 13.1. The summed E-state index contributed by atoms with van der Waals surface area (Å²) in [5.74, 6) is 0.0915. The van der Waals surface area contributed by atoms with E-state index < -0.39 is 0 Å². The number of nitrogens with one attached hydrogen (secondary N) is 1. The number of fused-ring (bicyclic) bond motifs is 3.